The highest BCUT2D eigenvalue weighted by Gasteiger charge is 2.20. The van der Waals surface area contributed by atoms with Crippen molar-refractivity contribution in [2.24, 2.45) is 14.1 Å². The van der Waals surface area contributed by atoms with Crippen molar-refractivity contribution >= 4 is 22.5 Å². The van der Waals surface area contributed by atoms with E-state index in [2.05, 4.69) is 18.2 Å². The number of hydrogen-bond donors (Lipinski definition) is 0. The fourth-order valence-electron chi connectivity index (χ4n) is 3.60. The third-order valence-corrected chi connectivity index (χ3v) is 5.43. The van der Waals surface area contributed by atoms with Crippen LogP contribution in [0, 0.1) is 13.8 Å². The summed E-state index contributed by atoms with van der Waals surface area (Å²) in [6, 6.07) is 13.6. The topological polar surface area (TPSA) is 48.9 Å². The van der Waals surface area contributed by atoms with Crippen LogP contribution in [0.3, 0.4) is 0 Å². The highest BCUT2D eigenvalue weighted by Crippen LogP contribution is 2.32. The smallest absolute Gasteiger partial charge is 0.313 e. The van der Waals surface area contributed by atoms with Crippen molar-refractivity contribution in [3.8, 4) is 16.9 Å². The quantitative estimate of drug-likeness (QED) is 0.517. The highest BCUT2D eigenvalue weighted by molar-refractivity contribution is 6.30. The first kappa shape index (κ1) is 18.3. The van der Waals surface area contributed by atoms with E-state index >= 15 is 0 Å². The molecule has 0 aliphatic heterocycles. The molecule has 28 heavy (non-hydrogen) atoms. The highest BCUT2D eigenvalue weighted by atomic mass is 35.5. The second kappa shape index (κ2) is 6.53. The lowest BCUT2D eigenvalue weighted by Crippen LogP contribution is -2.36. The van der Waals surface area contributed by atoms with E-state index in [0.29, 0.717) is 15.9 Å². The van der Waals surface area contributed by atoms with Crippen molar-refractivity contribution in [3.05, 3.63) is 85.6 Å². The maximum absolute atomic E-state index is 13.1. The number of fused-ring (bicyclic) bond motifs is 1. The van der Waals surface area contributed by atoms with E-state index in [9.17, 15) is 9.59 Å². The van der Waals surface area contributed by atoms with Crippen LogP contribution in [0.25, 0.3) is 27.8 Å². The molecule has 2 aromatic carbocycles. The Morgan fingerprint density at radius 2 is 1.57 bits per heavy atom. The van der Waals surface area contributed by atoms with Crippen molar-refractivity contribution in [1.29, 1.82) is 0 Å². The van der Waals surface area contributed by atoms with Gasteiger partial charge in [0.15, 0.2) is 0 Å². The molecule has 0 unspecified atom stereocenters. The van der Waals surface area contributed by atoms with Crippen molar-refractivity contribution in [1.82, 2.24) is 13.7 Å². The Kier molecular flexibility index (Phi) is 4.27. The maximum atomic E-state index is 13.1. The van der Waals surface area contributed by atoms with Crippen molar-refractivity contribution < 1.29 is 0 Å². The maximum Gasteiger partial charge on any atom is 0.330 e. The Labute approximate surface area is 167 Å². The molecule has 0 amide bonds. The molecule has 0 radical (unpaired) electrons. The molecule has 6 heteroatoms. The summed E-state index contributed by atoms with van der Waals surface area (Å²) in [6.45, 7) is 4.06. The molecule has 0 saturated carbocycles. The van der Waals surface area contributed by atoms with E-state index in [0.717, 1.165) is 32.6 Å². The molecule has 0 N–H and O–H groups in total. The van der Waals surface area contributed by atoms with E-state index in [1.807, 2.05) is 36.7 Å². The standard InChI is InChI=1S/C22H20ClN3O2/c1-13-5-6-14(2)17(11-13)26-12-18-19(21(27)25(4)22(28)24(18)3)20(26)15-7-9-16(23)10-8-15/h5-12H,1-4H3. The van der Waals surface area contributed by atoms with E-state index in [4.69, 9.17) is 11.6 Å². The van der Waals surface area contributed by atoms with Crippen LogP contribution in [0.1, 0.15) is 11.1 Å². The van der Waals surface area contributed by atoms with Gasteiger partial charge in [0.2, 0.25) is 0 Å². The first-order valence-electron chi connectivity index (χ1n) is 8.94. The average molecular weight is 394 g/mol. The molecule has 4 aromatic rings. The number of hydrogen-bond acceptors (Lipinski definition) is 2. The Bertz CT molecular complexity index is 1340. The van der Waals surface area contributed by atoms with Crippen LogP contribution in [0.4, 0.5) is 0 Å². The molecule has 0 spiro atoms. The van der Waals surface area contributed by atoms with Gasteiger partial charge in [-0.25, -0.2) is 4.79 Å². The third kappa shape index (κ3) is 2.70. The first-order chi connectivity index (χ1) is 13.3. The lowest BCUT2D eigenvalue weighted by Gasteiger charge is -2.13. The van der Waals surface area contributed by atoms with E-state index in [1.165, 1.54) is 11.6 Å². The molecule has 0 bridgehead atoms. The molecule has 4 rings (SSSR count). The summed E-state index contributed by atoms with van der Waals surface area (Å²) >= 11 is 6.08. The fourth-order valence-corrected chi connectivity index (χ4v) is 3.73. The lowest BCUT2D eigenvalue weighted by atomic mass is 10.1. The van der Waals surface area contributed by atoms with Gasteiger partial charge in [-0.05, 0) is 48.7 Å². The van der Waals surface area contributed by atoms with Gasteiger partial charge in [0.1, 0.15) is 0 Å². The summed E-state index contributed by atoms with van der Waals surface area (Å²) in [5.41, 5.74) is 4.69. The van der Waals surface area contributed by atoms with Crippen LogP contribution >= 0.6 is 11.6 Å². The second-order valence-electron chi connectivity index (χ2n) is 7.11. The van der Waals surface area contributed by atoms with Crippen LogP contribution in [0.15, 0.2) is 58.3 Å². The minimum atomic E-state index is -0.349. The SMILES string of the molecule is Cc1ccc(C)c(-n2cc3c(c2-c2ccc(Cl)cc2)c(=O)n(C)c(=O)n3C)c1. The van der Waals surface area contributed by atoms with Crippen molar-refractivity contribution in [3.63, 3.8) is 0 Å². The minimum Gasteiger partial charge on any atom is -0.313 e. The van der Waals surface area contributed by atoms with Crippen LogP contribution < -0.4 is 11.2 Å². The number of benzene rings is 2. The molecule has 2 aromatic heterocycles. The van der Waals surface area contributed by atoms with Gasteiger partial charge in [-0.15, -0.1) is 0 Å². The molecule has 142 valence electrons. The van der Waals surface area contributed by atoms with Crippen LogP contribution in [0.5, 0.6) is 0 Å². The largest absolute Gasteiger partial charge is 0.330 e. The molecule has 0 aliphatic rings. The van der Waals surface area contributed by atoms with Crippen molar-refractivity contribution in [2.75, 3.05) is 0 Å². The summed E-state index contributed by atoms with van der Waals surface area (Å²) in [5, 5.41) is 1.13. The summed E-state index contributed by atoms with van der Waals surface area (Å²) in [5.74, 6) is 0. The van der Waals surface area contributed by atoms with Gasteiger partial charge in [0.25, 0.3) is 5.56 Å². The van der Waals surface area contributed by atoms with E-state index in [1.54, 1.807) is 19.2 Å². The normalized spacial score (nSPS) is 11.3. The number of aromatic nitrogens is 3. The Morgan fingerprint density at radius 1 is 0.893 bits per heavy atom. The van der Waals surface area contributed by atoms with Crippen LogP contribution in [-0.4, -0.2) is 13.7 Å². The predicted molar refractivity (Wildman–Crippen MR) is 114 cm³/mol. The Morgan fingerprint density at radius 3 is 2.25 bits per heavy atom. The number of rotatable bonds is 2. The Balaban J connectivity index is 2.23. The second-order valence-corrected chi connectivity index (χ2v) is 7.55. The molecule has 0 aliphatic carbocycles. The van der Waals surface area contributed by atoms with Gasteiger partial charge < -0.3 is 4.57 Å². The summed E-state index contributed by atoms with van der Waals surface area (Å²) in [6.07, 6.45) is 1.86. The minimum absolute atomic E-state index is 0.313. The zero-order valence-corrected chi connectivity index (χ0v) is 16.9. The molecular formula is C22H20ClN3O2. The predicted octanol–water partition coefficient (Wildman–Crippen LogP) is 3.97. The summed E-state index contributed by atoms with van der Waals surface area (Å²) in [4.78, 5) is 25.5. The van der Waals surface area contributed by atoms with Gasteiger partial charge in [0.05, 0.1) is 16.6 Å². The molecular weight excluding hydrogens is 374 g/mol. The zero-order valence-electron chi connectivity index (χ0n) is 16.2. The molecule has 0 fully saturated rings. The fraction of sp³-hybridized carbons (Fsp3) is 0.182. The van der Waals surface area contributed by atoms with E-state index < -0.39 is 0 Å². The van der Waals surface area contributed by atoms with Crippen molar-refractivity contribution in [2.45, 2.75) is 13.8 Å². The molecule has 0 atom stereocenters. The van der Waals surface area contributed by atoms with Crippen LogP contribution in [0.2, 0.25) is 5.02 Å². The molecule has 0 saturated heterocycles. The van der Waals surface area contributed by atoms with Gasteiger partial charge in [-0.1, -0.05) is 35.9 Å². The van der Waals surface area contributed by atoms with Gasteiger partial charge in [-0.2, -0.15) is 0 Å². The number of halogens is 1. The first-order valence-corrected chi connectivity index (χ1v) is 9.32. The Hall–Kier alpha value is -3.05. The number of aryl methyl sites for hydroxylation is 3. The van der Waals surface area contributed by atoms with Gasteiger partial charge in [0, 0.05) is 31.0 Å². The van der Waals surface area contributed by atoms with E-state index in [-0.39, 0.29) is 11.2 Å². The number of nitrogens with zero attached hydrogens (tertiary/aromatic N) is 3. The summed E-state index contributed by atoms with van der Waals surface area (Å²) < 4.78 is 4.66. The molecule has 2 heterocycles. The van der Waals surface area contributed by atoms with Crippen LogP contribution in [-0.2, 0) is 14.1 Å². The van der Waals surface area contributed by atoms with Gasteiger partial charge in [-0.3, -0.25) is 13.9 Å². The lowest BCUT2D eigenvalue weighted by molar-refractivity contribution is 0.714. The monoisotopic (exact) mass is 393 g/mol. The average Bonchev–Trinajstić information content (AvgIpc) is 3.07. The van der Waals surface area contributed by atoms with Gasteiger partial charge >= 0.3 is 5.69 Å². The zero-order chi connectivity index (χ0) is 20.2. The third-order valence-electron chi connectivity index (χ3n) is 5.18. The molecule has 5 nitrogen and oxygen atoms in total. The summed E-state index contributed by atoms with van der Waals surface area (Å²) in [7, 11) is 3.19.